The van der Waals surface area contributed by atoms with Gasteiger partial charge in [0, 0.05) is 0 Å². The highest BCUT2D eigenvalue weighted by atomic mass is 79.9. The lowest BCUT2D eigenvalue weighted by molar-refractivity contribution is -0.139. The van der Waals surface area contributed by atoms with E-state index in [1.54, 1.807) is 12.1 Å². The van der Waals surface area contributed by atoms with Crippen LogP contribution < -0.4 is 14.8 Å². The lowest BCUT2D eigenvalue weighted by Gasteiger charge is -2.12. The molecular formula is C19H14BrFN2O5. The van der Waals surface area contributed by atoms with Gasteiger partial charge in [0.05, 0.1) is 17.3 Å². The first-order chi connectivity index (χ1) is 13.3. The van der Waals surface area contributed by atoms with Gasteiger partial charge in [0.25, 0.3) is 5.91 Å². The van der Waals surface area contributed by atoms with Gasteiger partial charge in [-0.2, -0.15) is 5.26 Å². The second-order valence-electron chi connectivity index (χ2n) is 5.32. The van der Waals surface area contributed by atoms with Gasteiger partial charge in [-0.1, -0.05) is 12.1 Å². The van der Waals surface area contributed by atoms with Gasteiger partial charge in [-0.05, 0) is 51.8 Å². The number of benzene rings is 2. The van der Waals surface area contributed by atoms with Crippen molar-refractivity contribution in [2.24, 2.45) is 0 Å². The zero-order valence-corrected chi connectivity index (χ0v) is 16.1. The number of halogens is 2. The Balaban J connectivity index is 2.32. The van der Waals surface area contributed by atoms with Crippen LogP contribution in [0.1, 0.15) is 5.56 Å². The highest BCUT2D eigenvalue weighted by molar-refractivity contribution is 9.10. The normalized spacial score (nSPS) is 10.7. The second-order valence-corrected chi connectivity index (χ2v) is 6.17. The summed E-state index contributed by atoms with van der Waals surface area (Å²) in [6, 6.07) is 10.3. The van der Waals surface area contributed by atoms with Crippen molar-refractivity contribution in [2.45, 2.75) is 0 Å². The second kappa shape index (κ2) is 9.53. The van der Waals surface area contributed by atoms with Crippen LogP contribution in [0.5, 0.6) is 11.5 Å². The molecule has 0 aliphatic heterocycles. The van der Waals surface area contributed by atoms with Crippen molar-refractivity contribution < 1.29 is 28.6 Å². The topological polar surface area (TPSA) is 109 Å². The molecule has 2 N–H and O–H groups in total. The average molecular weight is 449 g/mol. The summed E-state index contributed by atoms with van der Waals surface area (Å²) in [6.07, 6.45) is 1.28. The van der Waals surface area contributed by atoms with Crippen molar-refractivity contribution >= 4 is 39.6 Å². The zero-order valence-electron chi connectivity index (χ0n) is 14.5. The van der Waals surface area contributed by atoms with Gasteiger partial charge in [-0.3, -0.25) is 4.79 Å². The summed E-state index contributed by atoms with van der Waals surface area (Å²) in [4.78, 5) is 23.0. The van der Waals surface area contributed by atoms with Gasteiger partial charge >= 0.3 is 5.97 Å². The van der Waals surface area contributed by atoms with Crippen molar-refractivity contribution in [1.82, 2.24) is 0 Å². The molecule has 0 aliphatic carbocycles. The number of nitrogens with one attached hydrogen (secondary N) is 1. The molecule has 0 aromatic heterocycles. The van der Waals surface area contributed by atoms with E-state index in [1.807, 2.05) is 0 Å². The van der Waals surface area contributed by atoms with Gasteiger partial charge in [0.1, 0.15) is 17.5 Å². The molecule has 0 atom stereocenters. The van der Waals surface area contributed by atoms with Crippen LogP contribution >= 0.6 is 15.9 Å². The molecule has 0 bridgehead atoms. The van der Waals surface area contributed by atoms with Crippen molar-refractivity contribution in [3.63, 3.8) is 0 Å². The SMILES string of the molecule is COc1cc(/C=C(\C#N)C(=O)Nc2ccccc2F)cc(Br)c1OCC(=O)O. The maximum Gasteiger partial charge on any atom is 0.341 e. The number of nitrogens with zero attached hydrogens (tertiary/aromatic N) is 1. The van der Waals surface area contributed by atoms with Gasteiger partial charge in [0.2, 0.25) is 0 Å². The summed E-state index contributed by atoms with van der Waals surface area (Å²) >= 11 is 3.24. The fourth-order valence-corrected chi connectivity index (χ4v) is 2.74. The number of para-hydroxylation sites is 1. The molecule has 0 spiro atoms. The maximum atomic E-state index is 13.7. The molecule has 1 amide bonds. The molecule has 0 unspecified atom stereocenters. The minimum absolute atomic E-state index is 0.0511. The molecule has 0 saturated carbocycles. The molecule has 9 heteroatoms. The van der Waals surface area contributed by atoms with Crippen LogP contribution in [-0.2, 0) is 9.59 Å². The summed E-state index contributed by atoms with van der Waals surface area (Å²) in [5, 5.41) is 20.4. The molecule has 0 heterocycles. The average Bonchev–Trinajstić information content (AvgIpc) is 2.66. The van der Waals surface area contributed by atoms with E-state index < -0.39 is 24.3 Å². The number of carboxylic acid groups (broad SMARTS) is 1. The van der Waals surface area contributed by atoms with E-state index >= 15 is 0 Å². The predicted octanol–water partition coefficient (Wildman–Crippen LogP) is 3.61. The smallest absolute Gasteiger partial charge is 0.341 e. The maximum absolute atomic E-state index is 13.7. The monoisotopic (exact) mass is 448 g/mol. The number of hydrogen-bond acceptors (Lipinski definition) is 5. The first kappa shape index (κ1) is 20.9. The highest BCUT2D eigenvalue weighted by Gasteiger charge is 2.15. The molecule has 2 aromatic rings. The lowest BCUT2D eigenvalue weighted by Crippen LogP contribution is -2.14. The molecule has 2 aromatic carbocycles. The molecule has 0 saturated heterocycles. The number of anilines is 1. The van der Waals surface area contributed by atoms with Crippen molar-refractivity contribution in [1.29, 1.82) is 5.26 Å². The van der Waals surface area contributed by atoms with E-state index in [2.05, 4.69) is 21.2 Å². The Hall–Kier alpha value is -3.38. The Morgan fingerprint density at radius 3 is 2.68 bits per heavy atom. The number of nitriles is 1. The number of carbonyl (C=O) groups is 2. The number of rotatable bonds is 7. The largest absolute Gasteiger partial charge is 0.493 e. The molecular weight excluding hydrogens is 435 g/mol. The van der Waals surface area contributed by atoms with Crippen LogP contribution in [0.25, 0.3) is 6.08 Å². The van der Waals surface area contributed by atoms with Crippen LogP contribution in [0.3, 0.4) is 0 Å². The summed E-state index contributed by atoms with van der Waals surface area (Å²) in [6.45, 7) is -0.571. The Labute approximate surface area is 168 Å². The molecule has 28 heavy (non-hydrogen) atoms. The van der Waals surface area contributed by atoms with Crippen molar-refractivity contribution in [2.75, 3.05) is 19.0 Å². The number of carboxylic acids is 1. The minimum Gasteiger partial charge on any atom is -0.493 e. The lowest BCUT2D eigenvalue weighted by atomic mass is 10.1. The standard InChI is InChI=1S/C19H14BrFN2O5/c1-27-16-8-11(7-13(20)18(16)28-10-17(24)25)6-12(9-22)19(26)23-15-5-3-2-4-14(15)21/h2-8H,10H2,1H3,(H,23,26)(H,24,25)/b12-6+. The third kappa shape index (κ3) is 5.31. The number of ether oxygens (including phenoxy) is 2. The fourth-order valence-electron chi connectivity index (χ4n) is 2.16. The first-order valence-electron chi connectivity index (χ1n) is 7.75. The molecule has 0 aliphatic rings. The number of aliphatic carboxylic acids is 1. The molecule has 0 radical (unpaired) electrons. The first-order valence-corrected chi connectivity index (χ1v) is 8.54. The fraction of sp³-hybridized carbons (Fsp3) is 0.105. The number of hydrogen-bond donors (Lipinski definition) is 2. The van der Waals surface area contributed by atoms with Gasteiger partial charge in [-0.25, -0.2) is 9.18 Å². The van der Waals surface area contributed by atoms with Crippen molar-refractivity contribution in [3.8, 4) is 17.6 Å². The molecule has 144 valence electrons. The van der Waals surface area contributed by atoms with Crippen molar-refractivity contribution in [3.05, 3.63) is 57.8 Å². The number of methoxy groups -OCH3 is 1. The Morgan fingerprint density at radius 2 is 2.07 bits per heavy atom. The quantitative estimate of drug-likeness (QED) is 0.494. The van der Waals surface area contributed by atoms with Crippen LogP contribution in [0, 0.1) is 17.1 Å². The molecule has 7 nitrogen and oxygen atoms in total. The van der Waals surface area contributed by atoms with Gasteiger partial charge in [-0.15, -0.1) is 0 Å². The summed E-state index contributed by atoms with van der Waals surface area (Å²) in [5.41, 5.74) is 0.0906. The summed E-state index contributed by atoms with van der Waals surface area (Å²) < 4.78 is 24.4. The number of carbonyl (C=O) groups excluding carboxylic acids is 1. The van der Waals surface area contributed by atoms with Crippen LogP contribution in [0.15, 0.2) is 46.4 Å². The van der Waals surface area contributed by atoms with E-state index in [9.17, 15) is 19.2 Å². The van der Waals surface area contributed by atoms with Gasteiger partial charge < -0.3 is 19.9 Å². The number of amides is 1. The van der Waals surface area contributed by atoms with E-state index in [0.29, 0.717) is 10.0 Å². The van der Waals surface area contributed by atoms with Crippen LogP contribution in [0.2, 0.25) is 0 Å². The molecule has 0 fully saturated rings. The highest BCUT2D eigenvalue weighted by Crippen LogP contribution is 2.37. The van der Waals surface area contributed by atoms with E-state index in [4.69, 9.17) is 14.6 Å². The van der Waals surface area contributed by atoms with Crippen LogP contribution in [-0.4, -0.2) is 30.7 Å². The Bertz CT molecular complexity index is 985. The summed E-state index contributed by atoms with van der Waals surface area (Å²) in [5.74, 6) is -2.20. The minimum atomic E-state index is -1.16. The van der Waals surface area contributed by atoms with Crippen LogP contribution in [0.4, 0.5) is 10.1 Å². The third-order valence-electron chi connectivity index (χ3n) is 3.39. The van der Waals surface area contributed by atoms with E-state index in [0.717, 1.165) is 0 Å². The predicted molar refractivity (Wildman–Crippen MR) is 102 cm³/mol. The van der Waals surface area contributed by atoms with E-state index in [-0.39, 0.29) is 22.8 Å². The zero-order chi connectivity index (χ0) is 20.7. The van der Waals surface area contributed by atoms with Gasteiger partial charge in [0.15, 0.2) is 18.1 Å². The Kier molecular flexibility index (Phi) is 7.12. The molecule has 2 rings (SSSR count). The summed E-state index contributed by atoms with van der Waals surface area (Å²) in [7, 11) is 1.36. The Morgan fingerprint density at radius 1 is 1.36 bits per heavy atom. The van der Waals surface area contributed by atoms with E-state index in [1.165, 1.54) is 43.5 Å². The third-order valence-corrected chi connectivity index (χ3v) is 3.98.